The Hall–Kier alpha value is -2.23. The summed E-state index contributed by atoms with van der Waals surface area (Å²) in [4.78, 5) is 14.0. The molecule has 0 N–H and O–H groups in total. The second-order valence-corrected chi connectivity index (χ2v) is 5.42. The van der Waals surface area contributed by atoms with Crippen molar-refractivity contribution in [3.05, 3.63) is 53.0 Å². The number of rotatable bonds is 3. The van der Waals surface area contributed by atoms with Gasteiger partial charge in [-0.3, -0.25) is 0 Å². The molecule has 0 atom stereocenters. The zero-order chi connectivity index (χ0) is 14.8. The summed E-state index contributed by atoms with van der Waals surface area (Å²) in [5.41, 5.74) is 4.79. The van der Waals surface area contributed by atoms with Crippen molar-refractivity contribution >= 4 is 11.7 Å². The molecule has 0 radical (unpaired) electrons. The van der Waals surface area contributed by atoms with Crippen LogP contribution in [0.25, 0.3) is 0 Å². The Morgan fingerprint density at radius 3 is 3.05 bits per heavy atom. The fourth-order valence-corrected chi connectivity index (χ4v) is 2.91. The molecule has 4 nitrogen and oxygen atoms in total. The standard InChI is InChI=1S/C17H19NO3/c1-12-5-6-15-13(10-12)4-3-8-18(15)11-14-7-9-21-16(14)17(19)20-2/h5-7,9-10H,3-4,8,11H2,1-2H3. The van der Waals surface area contributed by atoms with Gasteiger partial charge < -0.3 is 14.1 Å². The number of carbonyl (C=O) groups is 1. The van der Waals surface area contributed by atoms with E-state index in [0.717, 1.165) is 24.9 Å². The normalized spacial score (nSPS) is 13.9. The van der Waals surface area contributed by atoms with E-state index in [1.165, 1.54) is 23.9 Å². The summed E-state index contributed by atoms with van der Waals surface area (Å²) in [7, 11) is 1.37. The highest BCUT2D eigenvalue weighted by atomic mass is 16.5. The van der Waals surface area contributed by atoms with E-state index in [2.05, 4.69) is 30.0 Å². The Morgan fingerprint density at radius 2 is 2.24 bits per heavy atom. The van der Waals surface area contributed by atoms with Crippen LogP contribution in [0.15, 0.2) is 34.9 Å². The Morgan fingerprint density at radius 1 is 1.38 bits per heavy atom. The van der Waals surface area contributed by atoms with E-state index in [-0.39, 0.29) is 0 Å². The summed E-state index contributed by atoms with van der Waals surface area (Å²) in [6.45, 7) is 3.77. The Bertz CT molecular complexity index is 660. The lowest BCUT2D eigenvalue weighted by atomic mass is 9.99. The van der Waals surface area contributed by atoms with Crippen LogP contribution in [0.3, 0.4) is 0 Å². The molecule has 0 bridgehead atoms. The molecule has 1 aliphatic rings. The molecule has 0 unspecified atom stereocenters. The molecule has 1 aromatic heterocycles. The van der Waals surface area contributed by atoms with Crippen LogP contribution in [0.1, 0.15) is 33.7 Å². The van der Waals surface area contributed by atoms with Crippen molar-refractivity contribution in [2.24, 2.45) is 0 Å². The maximum atomic E-state index is 11.7. The van der Waals surface area contributed by atoms with E-state index < -0.39 is 5.97 Å². The number of hydrogen-bond acceptors (Lipinski definition) is 4. The number of methoxy groups -OCH3 is 1. The van der Waals surface area contributed by atoms with Crippen molar-refractivity contribution in [2.45, 2.75) is 26.3 Å². The van der Waals surface area contributed by atoms with Crippen LogP contribution < -0.4 is 4.90 Å². The third-order valence-corrected chi connectivity index (χ3v) is 3.93. The van der Waals surface area contributed by atoms with E-state index in [1.807, 2.05) is 6.07 Å². The average molecular weight is 285 g/mol. The van der Waals surface area contributed by atoms with Gasteiger partial charge in [0.1, 0.15) is 0 Å². The van der Waals surface area contributed by atoms with Crippen LogP contribution >= 0.6 is 0 Å². The van der Waals surface area contributed by atoms with Crippen LogP contribution in [-0.2, 0) is 17.7 Å². The van der Waals surface area contributed by atoms with E-state index in [9.17, 15) is 4.79 Å². The van der Waals surface area contributed by atoms with Crippen LogP contribution in [0, 0.1) is 6.92 Å². The van der Waals surface area contributed by atoms with E-state index in [4.69, 9.17) is 9.15 Å². The zero-order valence-corrected chi connectivity index (χ0v) is 12.4. The number of esters is 1. The number of fused-ring (bicyclic) bond motifs is 1. The summed E-state index contributed by atoms with van der Waals surface area (Å²) in [5.74, 6) is -0.118. The lowest BCUT2D eigenvalue weighted by Gasteiger charge is -2.31. The van der Waals surface area contributed by atoms with Crippen LogP contribution in [0.2, 0.25) is 0 Å². The molecule has 0 spiro atoms. The number of benzene rings is 1. The number of hydrogen-bond donors (Lipinski definition) is 0. The van der Waals surface area contributed by atoms with E-state index in [0.29, 0.717) is 12.3 Å². The second-order valence-electron chi connectivity index (χ2n) is 5.42. The molecule has 0 saturated heterocycles. The summed E-state index contributed by atoms with van der Waals surface area (Å²) in [6, 6.07) is 8.39. The van der Waals surface area contributed by atoms with Crippen molar-refractivity contribution < 1.29 is 13.9 Å². The van der Waals surface area contributed by atoms with E-state index in [1.54, 1.807) is 6.26 Å². The SMILES string of the molecule is COC(=O)c1occc1CN1CCCc2cc(C)ccc21. The molecule has 2 aromatic rings. The van der Waals surface area contributed by atoms with Gasteiger partial charge in [0.2, 0.25) is 5.76 Å². The molecular formula is C17H19NO3. The quantitative estimate of drug-likeness (QED) is 0.811. The molecule has 2 heterocycles. The number of nitrogens with zero attached hydrogens (tertiary/aromatic N) is 1. The smallest absolute Gasteiger partial charge is 0.374 e. The molecule has 3 rings (SSSR count). The monoisotopic (exact) mass is 285 g/mol. The van der Waals surface area contributed by atoms with Gasteiger partial charge in [-0.1, -0.05) is 17.7 Å². The molecular weight excluding hydrogens is 266 g/mol. The maximum Gasteiger partial charge on any atom is 0.374 e. The molecule has 1 aromatic carbocycles. The van der Waals surface area contributed by atoms with Gasteiger partial charge in [0.25, 0.3) is 0 Å². The molecule has 21 heavy (non-hydrogen) atoms. The predicted molar refractivity (Wildman–Crippen MR) is 80.6 cm³/mol. The Kier molecular flexibility index (Phi) is 3.69. The first-order chi connectivity index (χ1) is 10.2. The number of ether oxygens (including phenoxy) is 1. The molecule has 0 aliphatic carbocycles. The minimum absolute atomic E-state index is 0.303. The first-order valence-electron chi connectivity index (χ1n) is 7.18. The van der Waals surface area contributed by atoms with Gasteiger partial charge >= 0.3 is 5.97 Å². The first kappa shape index (κ1) is 13.7. The highest BCUT2D eigenvalue weighted by molar-refractivity contribution is 5.88. The van der Waals surface area contributed by atoms with Crippen molar-refractivity contribution in [1.29, 1.82) is 0 Å². The summed E-state index contributed by atoms with van der Waals surface area (Å²) >= 11 is 0. The lowest BCUT2D eigenvalue weighted by molar-refractivity contribution is 0.0563. The summed E-state index contributed by atoms with van der Waals surface area (Å²) < 4.78 is 10.0. The number of carbonyl (C=O) groups excluding carboxylic acids is 1. The van der Waals surface area contributed by atoms with Gasteiger partial charge in [0.05, 0.1) is 13.4 Å². The van der Waals surface area contributed by atoms with Gasteiger partial charge in [0, 0.05) is 24.3 Å². The van der Waals surface area contributed by atoms with Gasteiger partial charge in [-0.05, 0) is 37.5 Å². The number of anilines is 1. The maximum absolute atomic E-state index is 11.7. The van der Waals surface area contributed by atoms with Crippen LogP contribution in [0.4, 0.5) is 5.69 Å². The second kappa shape index (κ2) is 5.64. The van der Waals surface area contributed by atoms with Gasteiger partial charge in [-0.15, -0.1) is 0 Å². The summed E-state index contributed by atoms with van der Waals surface area (Å²) in [5, 5.41) is 0. The van der Waals surface area contributed by atoms with Gasteiger partial charge in [-0.25, -0.2) is 4.79 Å². The minimum Gasteiger partial charge on any atom is -0.463 e. The fraction of sp³-hybridized carbons (Fsp3) is 0.353. The fourth-order valence-electron chi connectivity index (χ4n) is 2.91. The molecule has 0 fully saturated rings. The van der Waals surface area contributed by atoms with Gasteiger partial charge in [0.15, 0.2) is 0 Å². The van der Waals surface area contributed by atoms with Crippen molar-refractivity contribution in [2.75, 3.05) is 18.6 Å². The summed E-state index contributed by atoms with van der Waals surface area (Å²) in [6.07, 6.45) is 3.78. The lowest BCUT2D eigenvalue weighted by Crippen LogP contribution is -2.29. The van der Waals surface area contributed by atoms with Crippen LogP contribution in [-0.4, -0.2) is 19.6 Å². The number of furan rings is 1. The topological polar surface area (TPSA) is 42.7 Å². The highest BCUT2D eigenvalue weighted by Gasteiger charge is 2.21. The predicted octanol–water partition coefficient (Wildman–Crippen LogP) is 3.33. The Balaban J connectivity index is 1.87. The van der Waals surface area contributed by atoms with Crippen molar-refractivity contribution in [3.8, 4) is 0 Å². The van der Waals surface area contributed by atoms with Crippen molar-refractivity contribution in [1.82, 2.24) is 0 Å². The van der Waals surface area contributed by atoms with Crippen molar-refractivity contribution in [3.63, 3.8) is 0 Å². The molecule has 0 amide bonds. The molecule has 1 aliphatic heterocycles. The molecule has 110 valence electrons. The number of aryl methyl sites for hydroxylation is 2. The molecule has 4 heteroatoms. The largest absolute Gasteiger partial charge is 0.463 e. The zero-order valence-electron chi connectivity index (χ0n) is 12.4. The third-order valence-electron chi connectivity index (χ3n) is 3.93. The molecule has 0 saturated carbocycles. The Labute approximate surface area is 124 Å². The third kappa shape index (κ3) is 2.66. The first-order valence-corrected chi connectivity index (χ1v) is 7.18. The minimum atomic E-state index is -0.420. The van der Waals surface area contributed by atoms with Gasteiger partial charge in [-0.2, -0.15) is 0 Å². The highest BCUT2D eigenvalue weighted by Crippen LogP contribution is 2.30. The van der Waals surface area contributed by atoms with Crippen LogP contribution in [0.5, 0.6) is 0 Å². The average Bonchev–Trinajstić information content (AvgIpc) is 2.94. The van der Waals surface area contributed by atoms with E-state index >= 15 is 0 Å².